The van der Waals surface area contributed by atoms with E-state index in [1.165, 1.54) is 0 Å². The molecule has 0 aliphatic heterocycles. The second kappa shape index (κ2) is 7.99. The van der Waals surface area contributed by atoms with E-state index in [-0.39, 0.29) is 0 Å². The number of carboxylic acid groups (broad SMARTS) is 1. The van der Waals surface area contributed by atoms with Crippen LogP contribution in [0.1, 0.15) is 0 Å². The summed E-state index contributed by atoms with van der Waals surface area (Å²) in [5, 5.41) is 8.71. The maximum absolute atomic E-state index is 11.9. The Hall–Kier alpha value is -1.61. The molecule has 0 unspecified atom stereocenters. The van der Waals surface area contributed by atoms with Crippen molar-refractivity contribution in [3.05, 3.63) is 27.1 Å². The van der Waals surface area contributed by atoms with Gasteiger partial charge in [0.25, 0.3) is 5.91 Å². The number of primary amides is 1. The van der Waals surface area contributed by atoms with Gasteiger partial charge >= 0.3 is 5.97 Å². The molecule has 7 nitrogen and oxygen atoms in total. The van der Waals surface area contributed by atoms with Crippen LogP contribution in [0.5, 0.6) is 5.75 Å². The Morgan fingerprint density at radius 3 is 2.43 bits per heavy atom. The zero-order chi connectivity index (χ0) is 16.0. The zero-order valence-electron chi connectivity index (χ0n) is 10.7. The van der Waals surface area contributed by atoms with Crippen LogP contribution < -0.4 is 10.5 Å². The average Bonchev–Trinajstić information content (AvgIpc) is 2.35. The predicted molar refractivity (Wildman–Crippen MR) is 80.7 cm³/mol. The molecule has 0 bridgehead atoms. The Morgan fingerprint density at radius 2 is 1.90 bits per heavy atom. The number of hydrogen-bond donors (Lipinski definition) is 2. The molecular weight excluding hydrogens is 412 g/mol. The van der Waals surface area contributed by atoms with E-state index in [0.717, 1.165) is 9.37 Å². The number of rotatable bonds is 7. The van der Waals surface area contributed by atoms with Crippen LogP contribution in [0.2, 0.25) is 0 Å². The topological polar surface area (TPSA) is 110 Å². The number of ether oxygens (including phenoxy) is 1. The first-order valence-electron chi connectivity index (χ1n) is 5.65. The molecule has 1 aromatic carbocycles. The van der Waals surface area contributed by atoms with Gasteiger partial charge in [-0.25, -0.2) is 0 Å². The SMILES string of the molecule is NC(=O)CN(CC(=O)O)C(=O)COc1ccc(Br)cc1Br. The highest BCUT2D eigenvalue weighted by Gasteiger charge is 2.19. The van der Waals surface area contributed by atoms with Gasteiger partial charge in [-0.3, -0.25) is 14.4 Å². The summed E-state index contributed by atoms with van der Waals surface area (Å²) in [5.41, 5.74) is 4.98. The lowest BCUT2D eigenvalue weighted by molar-refractivity contribution is -0.146. The summed E-state index contributed by atoms with van der Waals surface area (Å²) in [5.74, 6) is -2.27. The van der Waals surface area contributed by atoms with Gasteiger partial charge in [0.1, 0.15) is 18.8 Å². The summed E-state index contributed by atoms with van der Waals surface area (Å²) >= 11 is 6.54. The molecule has 21 heavy (non-hydrogen) atoms. The highest BCUT2D eigenvalue weighted by atomic mass is 79.9. The molecule has 9 heteroatoms. The molecule has 1 rings (SSSR count). The minimum absolute atomic E-state index is 0.402. The van der Waals surface area contributed by atoms with Crippen LogP contribution in [0.4, 0.5) is 0 Å². The molecule has 2 amide bonds. The third kappa shape index (κ3) is 6.13. The van der Waals surface area contributed by atoms with Crippen molar-refractivity contribution in [1.29, 1.82) is 0 Å². The van der Waals surface area contributed by atoms with Gasteiger partial charge in [0.2, 0.25) is 5.91 Å². The lowest BCUT2D eigenvalue weighted by atomic mass is 10.3. The van der Waals surface area contributed by atoms with Crippen molar-refractivity contribution in [2.75, 3.05) is 19.7 Å². The monoisotopic (exact) mass is 422 g/mol. The second-order valence-electron chi connectivity index (χ2n) is 3.97. The smallest absolute Gasteiger partial charge is 0.323 e. The summed E-state index contributed by atoms with van der Waals surface area (Å²) in [6, 6.07) is 5.10. The van der Waals surface area contributed by atoms with E-state index in [0.29, 0.717) is 10.2 Å². The molecule has 0 spiro atoms. The number of carbonyl (C=O) groups excluding carboxylic acids is 2. The van der Waals surface area contributed by atoms with Gasteiger partial charge in [-0.05, 0) is 34.1 Å². The van der Waals surface area contributed by atoms with E-state index in [1.54, 1.807) is 18.2 Å². The number of nitrogens with two attached hydrogens (primary N) is 1. The first kappa shape index (κ1) is 17.4. The Kier molecular flexibility index (Phi) is 6.63. The van der Waals surface area contributed by atoms with Crippen molar-refractivity contribution in [2.45, 2.75) is 0 Å². The lowest BCUT2D eigenvalue weighted by Crippen LogP contribution is -2.43. The van der Waals surface area contributed by atoms with Crippen molar-refractivity contribution < 1.29 is 24.2 Å². The number of benzene rings is 1. The number of hydrogen-bond acceptors (Lipinski definition) is 4. The molecule has 0 radical (unpaired) electrons. The fourth-order valence-corrected chi connectivity index (χ4v) is 2.57. The van der Waals surface area contributed by atoms with Gasteiger partial charge in [0.15, 0.2) is 6.61 Å². The summed E-state index contributed by atoms with van der Waals surface area (Å²) in [6.07, 6.45) is 0. The third-order valence-corrected chi connectivity index (χ3v) is 3.38. The minimum Gasteiger partial charge on any atom is -0.483 e. The fraction of sp³-hybridized carbons (Fsp3) is 0.250. The first-order valence-corrected chi connectivity index (χ1v) is 7.24. The van der Waals surface area contributed by atoms with Crippen LogP contribution in [-0.4, -0.2) is 47.5 Å². The highest BCUT2D eigenvalue weighted by molar-refractivity contribution is 9.11. The van der Waals surface area contributed by atoms with Crippen LogP contribution in [0.25, 0.3) is 0 Å². The molecule has 3 N–H and O–H groups in total. The fourth-order valence-electron chi connectivity index (χ4n) is 1.41. The van der Waals surface area contributed by atoms with Gasteiger partial charge in [-0.1, -0.05) is 15.9 Å². The average molecular weight is 424 g/mol. The maximum Gasteiger partial charge on any atom is 0.323 e. The molecule has 1 aromatic rings. The van der Waals surface area contributed by atoms with Crippen molar-refractivity contribution in [3.63, 3.8) is 0 Å². The van der Waals surface area contributed by atoms with Crippen LogP contribution in [0.15, 0.2) is 27.1 Å². The Bertz CT molecular complexity index is 549. The molecule has 0 saturated carbocycles. The summed E-state index contributed by atoms with van der Waals surface area (Å²) in [4.78, 5) is 34.2. The Morgan fingerprint density at radius 1 is 1.24 bits per heavy atom. The quantitative estimate of drug-likeness (QED) is 0.679. The van der Waals surface area contributed by atoms with Crippen LogP contribution in [-0.2, 0) is 14.4 Å². The highest BCUT2D eigenvalue weighted by Crippen LogP contribution is 2.28. The van der Waals surface area contributed by atoms with E-state index >= 15 is 0 Å². The van der Waals surface area contributed by atoms with E-state index in [4.69, 9.17) is 15.6 Å². The molecule has 0 atom stereocenters. The van der Waals surface area contributed by atoms with Gasteiger partial charge < -0.3 is 20.5 Å². The van der Waals surface area contributed by atoms with Crippen LogP contribution in [0, 0.1) is 0 Å². The van der Waals surface area contributed by atoms with Crippen molar-refractivity contribution in [1.82, 2.24) is 4.90 Å². The van der Waals surface area contributed by atoms with Gasteiger partial charge in [-0.2, -0.15) is 0 Å². The molecule has 0 fully saturated rings. The van der Waals surface area contributed by atoms with Gasteiger partial charge in [0.05, 0.1) is 4.47 Å². The summed E-state index contributed by atoms with van der Waals surface area (Å²) < 4.78 is 6.75. The van der Waals surface area contributed by atoms with Crippen molar-refractivity contribution in [3.8, 4) is 5.75 Å². The van der Waals surface area contributed by atoms with E-state index in [2.05, 4.69) is 31.9 Å². The van der Waals surface area contributed by atoms with Crippen LogP contribution in [0.3, 0.4) is 0 Å². The van der Waals surface area contributed by atoms with E-state index in [1.807, 2.05) is 0 Å². The standard InChI is InChI=1S/C12H12Br2N2O5/c13-7-1-2-9(8(14)3-7)21-6-11(18)16(4-10(15)17)5-12(19)20/h1-3H,4-6H2,(H2,15,17)(H,19,20). The lowest BCUT2D eigenvalue weighted by Gasteiger charge is -2.19. The molecule has 0 aliphatic carbocycles. The normalized spacial score (nSPS) is 10.0. The minimum atomic E-state index is -1.24. The van der Waals surface area contributed by atoms with Gasteiger partial charge in [0, 0.05) is 4.47 Å². The molecule has 114 valence electrons. The number of aliphatic carboxylic acids is 1. The summed E-state index contributed by atoms with van der Waals surface area (Å²) in [7, 11) is 0. The van der Waals surface area contributed by atoms with E-state index < -0.39 is 37.5 Å². The third-order valence-electron chi connectivity index (χ3n) is 2.27. The van der Waals surface area contributed by atoms with Crippen LogP contribution >= 0.6 is 31.9 Å². The molecule has 0 aromatic heterocycles. The van der Waals surface area contributed by atoms with Crippen molar-refractivity contribution >= 4 is 49.6 Å². The molecule has 0 saturated heterocycles. The predicted octanol–water partition coefficient (Wildman–Crippen LogP) is 0.989. The number of nitrogens with zero attached hydrogens (tertiary/aromatic N) is 1. The van der Waals surface area contributed by atoms with E-state index in [9.17, 15) is 14.4 Å². The largest absolute Gasteiger partial charge is 0.483 e. The second-order valence-corrected chi connectivity index (χ2v) is 5.74. The van der Waals surface area contributed by atoms with Crippen molar-refractivity contribution in [2.24, 2.45) is 5.73 Å². The number of halogens is 2. The zero-order valence-corrected chi connectivity index (χ0v) is 13.9. The number of amides is 2. The number of carboxylic acids is 1. The summed E-state index contributed by atoms with van der Waals surface area (Å²) in [6.45, 7) is -1.50. The first-order chi connectivity index (χ1) is 9.79. The molecular formula is C12H12Br2N2O5. The molecule has 0 heterocycles. The maximum atomic E-state index is 11.9. The van der Waals surface area contributed by atoms with Gasteiger partial charge in [-0.15, -0.1) is 0 Å². The Balaban J connectivity index is 2.68. The molecule has 0 aliphatic rings. The number of carbonyl (C=O) groups is 3. The Labute approximate surface area is 137 Å².